The maximum absolute atomic E-state index is 5.77. The number of hydrogen-bond donors (Lipinski definition) is 1. The summed E-state index contributed by atoms with van der Waals surface area (Å²) >= 11 is 5.20. The minimum atomic E-state index is 0.637. The average Bonchev–Trinajstić information content (AvgIpc) is 2.55. The summed E-state index contributed by atoms with van der Waals surface area (Å²) in [4.78, 5) is 5.45. The molecule has 1 aromatic carbocycles. The van der Waals surface area contributed by atoms with Crippen molar-refractivity contribution in [3.05, 3.63) is 32.6 Å². The van der Waals surface area contributed by atoms with Gasteiger partial charge < -0.3 is 5.73 Å². The van der Waals surface area contributed by atoms with Crippen LogP contribution in [0.2, 0.25) is 0 Å². The van der Waals surface area contributed by atoms with Crippen LogP contribution in [-0.2, 0) is 0 Å². The summed E-state index contributed by atoms with van der Waals surface area (Å²) in [5, 5.41) is 0.994. The Labute approximate surface area is 108 Å². The Kier molecular flexibility index (Phi) is 3.04. The highest BCUT2D eigenvalue weighted by atomic mass is 79.9. The lowest BCUT2D eigenvalue weighted by Crippen LogP contribution is -1.87. The number of nitrogens with two attached hydrogens (primary N) is 1. The molecule has 0 saturated carbocycles. The van der Waals surface area contributed by atoms with Crippen LogP contribution in [0.3, 0.4) is 0 Å². The minimum Gasteiger partial charge on any atom is -0.383 e. The van der Waals surface area contributed by atoms with E-state index in [1.807, 2.05) is 6.92 Å². The van der Waals surface area contributed by atoms with E-state index >= 15 is 0 Å². The normalized spacial score (nSPS) is 10.8. The second-order valence-corrected chi connectivity index (χ2v) is 5.88. The first-order valence-electron chi connectivity index (χ1n) is 4.99. The number of benzene rings is 1. The molecule has 0 spiro atoms. The van der Waals surface area contributed by atoms with Crippen molar-refractivity contribution >= 4 is 33.1 Å². The monoisotopic (exact) mass is 296 g/mol. The predicted molar refractivity (Wildman–Crippen MR) is 73.9 cm³/mol. The molecule has 0 aliphatic heterocycles. The maximum Gasteiger partial charge on any atom is 0.138 e. The molecular formula is C12H13BrN2S. The lowest BCUT2D eigenvalue weighted by atomic mass is 10.1. The largest absolute Gasteiger partial charge is 0.383 e. The lowest BCUT2D eigenvalue weighted by molar-refractivity contribution is 1.32. The lowest BCUT2D eigenvalue weighted by Gasteiger charge is -2.05. The molecule has 2 rings (SSSR count). The van der Waals surface area contributed by atoms with Gasteiger partial charge in [-0.15, -0.1) is 11.3 Å². The van der Waals surface area contributed by atoms with Crippen molar-refractivity contribution in [1.29, 1.82) is 0 Å². The second kappa shape index (κ2) is 4.18. The third kappa shape index (κ3) is 1.99. The third-order valence-electron chi connectivity index (χ3n) is 2.52. The van der Waals surface area contributed by atoms with E-state index < -0.39 is 0 Å². The van der Waals surface area contributed by atoms with Crippen LogP contribution in [0.15, 0.2) is 16.6 Å². The summed E-state index contributed by atoms with van der Waals surface area (Å²) < 4.78 is 1.16. The van der Waals surface area contributed by atoms with Crippen molar-refractivity contribution in [2.75, 3.05) is 5.73 Å². The van der Waals surface area contributed by atoms with Gasteiger partial charge in [-0.2, -0.15) is 0 Å². The number of hydrogen-bond acceptors (Lipinski definition) is 3. The number of aromatic nitrogens is 1. The van der Waals surface area contributed by atoms with Crippen LogP contribution < -0.4 is 5.73 Å². The molecule has 2 nitrogen and oxygen atoms in total. The van der Waals surface area contributed by atoms with Gasteiger partial charge in [-0.25, -0.2) is 4.98 Å². The molecule has 4 heteroatoms. The van der Waals surface area contributed by atoms with E-state index in [-0.39, 0.29) is 0 Å². The average molecular weight is 297 g/mol. The number of anilines is 1. The zero-order valence-corrected chi connectivity index (χ0v) is 11.9. The standard InChI is InChI=1S/C12H13BrN2S/c1-6-4-9(5-7(2)10(6)13)12-15-11(14)8(3)16-12/h4-5H,14H2,1-3H3. The molecule has 84 valence electrons. The van der Waals surface area contributed by atoms with Crippen LogP contribution in [0.1, 0.15) is 16.0 Å². The molecule has 1 aromatic heterocycles. The second-order valence-electron chi connectivity index (χ2n) is 3.88. The topological polar surface area (TPSA) is 38.9 Å². The van der Waals surface area contributed by atoms with Gasteiger partial charge in [-0.1, -0.05) is 15.9 Å². The van der Waals surface area contributed by atoms with Gasteiger partial charge in [0.05, 0.1) is 0 Å². The van der Waals surface area contributed by atoms with E-state index in [1.54, 1.807) is 11.3 Å². The smallest absolute Gasteiger partial charge is 0.138 e. The van der Waals surface area contributed by atoms with Crippen LogP contribution in [0, 0.1) is 20.8 Å². The molecule has 0 fully saturated rings. The SMILES string of the molecule is Cc1cc(-c2nc(N)c(C)s2)cc(C)c1Br. The van der Waals surface area contributed by atoms with Crippen LogP contribution in [-0.4, -0.2) is 4.98 Å². The van der Waals surface area contributed by atoms with Gasteiger partial charge in [-0.05, 0) is 44.0 Å². The molecule has 0 unspecified atom stereocenters. The molecule has 0 bridgehead atoms. The van der Waals surface area contributed by atoms with E-state index in [9.17, 15) is 0 Å². The first kappa shape index (κ1) is 11.6. The first-order chi connectivity index (χ1) is 7.49. The maximum atomic E-state index is 5.77. The van der Waals surface area contributed by atoms with Crippen molar-refractivity contribution in [1.82, 2.24) is 4.98 Å². The van der Waals surface area contributed by atoms with Crippen molar-refractivity contribution in [2.45, 2.75) is 20.8 Å². The fourth-order valence-corrected chi connectivity index (χ4v) is 2.65. The van der Waals surface area contributed by atoms with Gasteiger partial charge in [0.2, 0.25) is 0 Å². The fourth-order valence-electron chi connectivity index (χ4n) is 1.60. The molecule has 0 radical (unpaired) electrons. The number of rotatable bonds is 1. The zero-order valence-electron chi connectivity index (χ0n) is 9.47. The number of nitrogens with zero attached hydrogens (tertiary/aromatic N) is 1. The summed E-state index contributed by atoms with van der Waals surface area (Å²) in [7, 11) is 0. The minimum absolute atomic E-state index is 0.637. The molecular weight excluding hydrogens is 284 g/mol. The van der Waals surface area contributed by atoms with Gasteiger partial charge in [0.15, 0.2) is 0 Å². The molecule has 0 saturated heterocycles. The van der Waals surface area contributed by atoms with Gasteiger partial charge >= 0.3 is 0 Å². The van der Waals surface area contributed by atoms with Crippen LogP contribution in [0.4, 0.5) is 5.82 Å². The van der Waals surface area contributed by atoms with Gasteiger partial charge in [0.25, 0.3) is 0 Å². The number of thiazole rings is 1. The summed E-state index contributed by atoms with van der Waals surface area (Å²) in [6.45, 7) is 6.17. The Balaban J connectivity index is 2.56. The Morgan fingerprint density at radius 3 is 2.19 bits per heavy atom. The molecule has 2 N–H and O–H groups in total. The van der Waals surface area contributed by atoms with E-state index in [1.165, 1.54) is 11.1 Å². The summed E-state index contributed by atoms with van der Waals surface area (Å²) in [6, 6.07) is 4.27. The highest BCUT2D eigenvalue weighted by Gasteiger charge is 2.09. The van der Waals surface area contributed by atoms with Crippen molar-refractivity contribution < 1.29 is 0 Å². The van der Waals surface area contributed by atoms with E-state index in [4.69, 9.17) is 5.73 Å². The quantitative estimate of drug-likeness (QED) is 0.861. The molecule has 0 amide bonds. The molecule has 16 heavy (non-hydrogen) atoms. The number of aryl methyl sites for hydroxylation is 3. The first-order valence-corrected chi connectivity index (χ1v) is 6.60. The molecule has 0 aliphatic rings. The third-order valence-corrected chi connectivity index (χ3v) is 4.80. The van der Waals surface area contributed by atoms with Crippen LogP contribution in [0.5, 0.6) is 0 Å². The fraction of sp³-hybridized carbons (Fsp3) is 0.250. The Morgan fingerprint density at radius 1 is 1.19 bits per heavy atom. The highest BCUT2D eigenvalue weighted by molar-refractivity contribution is 9.10. The number of halogens is 1. The highest BCUT2D eigenvalue weighted by Crippen LogP contribution is 2.32. The van der Waals surface area contributed by atoms with Gasteiger partial charge in [-0.3, -0.25) is 0 Å². The van der Waals surface area contributed by atoms with E-state index in [2.05, 4.69) is 46.9 Å². The van der Waals surface area contributed by atoms with Gasteiger partial charge in [0.1, 0.15) is 10.8 Å². The summed E-state index contributed by atoms with van der Waals surface area (Å²) in [5.41, 5.74) is 9.36. The van der Waals surface area contributed by atoms with Crippen LogP contribution >= 0.6 is 27.3 Å². The Hall–Kier alpha value is -0.870. The molecule has 0 atom stereocenters. The van der Waals surface area contributed by atoms with Crippen molar-refractivity contribution in [3.8, 4) is 10.6 Å². The van der Waals surface area contributed by atoms with E-state index in [0.717, 1.165) is 19.9 Å². The predicted octanol–water partition coefficient (Wildman–Crippen LogP) is 4.08. The molecule has 0 aliphatic carbocycles. The molecule has 2 aromatic rings. The van der Waals surface area contributed by atoms with E-state index in [0.29, 0.717) is 5.82 Å². The van der Waals surface area contributed by atoms with Crippen molar-refractivity contribution in [2.24, 2.45) is 0 Å². The Bertz CT molecular complexity index is 503. The van der Waals surface area contributed by atoms with Gasteiger partial charge in [0, 0.05) is 14.9 Å². The van der Waals surface area contributed by atoms with Crippen LogP contribution in [0.25, 0.3) is 10.6 Å². The summed E-state index contributed by atoms with van der Waals surface area (Å²) in [6.07, 6.45) is 0. The molecule has 1 heterocycles. The summed E-state index contributed by atoms with van der Waals surface area (Å²) in [5.74, 6) is 0.637. The van der Waals surface area contributed by atoms with Crippen molar-refractivity contribution in [3.63, 3.8) is 0 Å². The zero-order chi connectivity index (χ0) is 11.9. The number of nitrogen functional groups attached to an aromatic ring is 1. The Morgan fingerprint density at radius 2 is 1.75 bits per heavy atom.